The molecule has 3 N–H and O–H groups in total. The van der Waals surface area contributed by atoms with Gasteiger partial charge in [-0.15, -0.1) is 0 Å². The molecule has 2 aliphatic rings. The third-order valence-electron chi connectivity index (χ3n) is 6.64. The number of nitrogens with zero attached hydrogens (tertiary/aromatic N) is 1. The van der Waals surface area contributed by atoms with Gasteiger partial charge in [-0.3, -0.25) is 30.1 Å². The summed E-state index contributed by atoms with van der Waals surface area (Å²) in [5.74, 6) is -0.442. The predicted molar refractivity (Wildman–Crippen MR) is 118 cm³/mol. The Balaban J connectivity index is 1.50. The van der Waals surface area contributed by atoms with Gasteiger partial charge in [-0.25, -0.2) is 4.79 Å². The van der Waals surface area contributed by atoms with Crippen LogP contribution in [0.25, 0.3) is 0 Å². The Bertz CT molecular complexity index is 908. The molecule has 1 aliphatic heterocycles. The SMILES string of the molecule is CCC1CCC2(CC1)NC(=O)N(CC(=O)NNC(=O)C(C)Oc1cccc(C)c1C)C2=O. The highest BCUT2D eigenvalue weighted by molar-refractivity contribution is 6.09. The van der Waals surface area contributed by atoms with Crippen LogP contribution in [-0.2, 0) is 14.4 Å². The lowest BCUT2D eigenvalue weighted by molar-refractivity contribution is -0.137. The first-order chi connectivity index (χ1) is 15.2. The van der Waals surface area contributed by atoms with E-state index >= 15 is 0 Å². The van der Waals surface area contributed by atoms with Gasteiger partial charge in [0.1, 0.15) is 17.8 Å². The number of ether oxygens (including phenoxy) is 1. The van der Waals surface area contributed by atoms with Crippen molar-refractivity contribution in [3.63, 3.8) is 0 Å². The van der Waals surface area contributed by atoms with Gasteiger partial charge in [0, 0.05) is 0 Å². The van der Waals surface area contributed by atoms with E-state index in [-0.39, 0.29) is 5.91 Å². The van der Waals surface area contributed by atoms with E-state index in [1.807, 2.05) is 26.0 Å². The van der Waals surface area contributed by atoms with Gasteiger partial charge in [0.05, 0.1) is 0 Å². The molecule has 1 heterocycles. The fourth-order valence-corrected chi connectivity index (χ4v) is 4.25. The molecule has 1 saturated carbocycles. The number of hydrazine groups is 1. The zero-order chi connectivity index (χ0) is 23.5. The predicted octanol–water partition coefficient (Wildman–Crippen LogP) is 2.11. The Morgan fingerprint density at radius 3 is 2.56 bits per heavy atom. The molecule has 9 nitrogen and oxygen atoms in total. The molecule has 174 valence electrons. The van der Waals surface area contributed by atoms with Gasteiger partial charge in [-0.1, -0.05) is 25.5 Å². The maximum absolute atomic E-state index is 12.9. The van der Waals surface area contributed by atoms with Crippen LogP contribution in [-0.4, -0.2) is 46.8 Å². The average molecular weight is 445 g/mol. The van der Waals surface area contributed by atoms with Gasteiger partial charge in [0.25, 0.3) is 17.7 Å². The number of carbonyl (C=O) groups is 4. The second kappa shape index (κ2) is 9.58. The highest BCUT2D eigenvalue weighted by Crippen LogP contribution is 2.37. The second-order valence-corrected chi connectivity index (χ2v) is 8.75. The van der Waals surface area contributed by atoms with Crippen LogP contribution in [0.2, 0.25) is 0 Å². The van der Waals surface area contributed by atoms with Crippen molar-refractivity contribution in [2.45, 2.75) is 71.4 Å². The van der Waals surface area contributed by atoms with Crippen molar-refractivity contribution in [1.82, 2.24) is 21.1 Å². The fraction of sp³-hybridized carbons (Fsp3) is 0.565. The lowest BCUT2D eigenvalue weighted by Gasteiger charge is -2.34. The number of amides is 5. The summed E-state index contributed by atoms with van der Waals surface area (Å²) in [7, 11) is 0. The van der Waals surface area contributed by atoms with Gasteiger partial charge in [0.2, 0.25) is 0 Å². The zero-order valence-electron chi connectivity index (χ0n) is 19.1. The van der Waals surface area contributed by atoms with Crippen LogP contribution in [0.5, 0.6) is 5.75 Å². The Kier molecular flexibility index (Phi) is 7.06. The average Bonchev–Trinajstić information content (AvgIpc) is 2.99. The summed E-state index contributed by atoms with van der Waals surface area (Å²) >= 11 is 0. The quantitative estimate of drug-likeness (QED) is 0.459. The molecular formula is C23H32N4O5. The topological polar surface area (TPSA) is 117 Å². The summed E-state index contributed by atoms with van der Waals surface area (Å²) in [5.41, 5.74) is 5.61. The van der Waals surface area contributed by atoms with Gasteiger partial charge >= 0.3 is 6.03 Å². The summed E-state index contributed by atoms with van der Waals surface area (Å²) in [6.07, 6.45) is 3.10. The van der Waals surface area contributed by atoms with Crippen molar-refractivity contribution in [2.75, 3.05) is 6.54 Å². The lowest BCUT2D eigenvalue weighted by Crippen LogP contribution is -2.52. The second-order valence-electron chi connectivity index (χ2n) is 8.75. The van der Waals surface area contributed by atoms with Crippen LogP contribution in [0, 0.1) is 19.8 Å². The minimum atomic E-state index is -0.902. The van der Waals surface area contributed by atoms with E-state index in [1.165, 1.54) is 0 Å². The first-order valence-electron chi connectivity index (χ1n) is 11.1. The molecule has 0 radical (unpaired) electrons. The largest absolute Gasteiger partial charge is 0.481 e. The molecule has 5 amide bonds. The molecule has 1 aliphatic carbocycles. The first-order valence-corrected chi connectivity index (χ1v) is 11.1. The number of benzene rings is 1. The van der Waals surface area contributed by atoms with Gasteiger partial charge in [0.15, 0.2) is 6.10 Å². The van der Waals surface area contributed by atoms with Crippen LogP contribution < -0.4 is 20.9 Å². The molecule has 0 aromatic heterocycles. The Labute approximate surface area is 188 Å². The maximum atomic E-state index is 12.9. The monoisotopic (exact) mass is 444 g/mol. The molecule has 9 heteroatoms. The molecular weight excluding hydrogens is 412 g/mol. The highest BCUT2D eigenvalue weighted by atomic mass is 16.5. The number of urea groups is 1. The van der Waals surface area contributed by atoms with E-state index in [4.69, 9.17) is 4.74 Å². The minimum absolute atomic E-state index is 0.370. The van der Waals surface area contributed by atoms with Crippen molar-refractivity contribution in [2.24, 2.45) is 5.92 Å². The molecule has 1 saturated heterocycles. The normalized spacial score (nSPS) is 23.6. The van der Waals surface area contributed by atoms with Crippen molar-refractivity contribution in [3.05, 3.63) is 29.3 Å². The smallest absolute Gasteiger partial charge is 0.325 e. The van der Waals surface area contributed by atoms with E-state index in [1.54, 1.807) is 13.0 Å². The van der Waals surface area contributed by atoms with Crippen LogP contribution >= 0.6 is 0 Å². The van der Waals surface area contributed by atoms with E-state index in [0.29, 0.717) is 24.5 Å². The van der Waals surface area contributed by atoms with Crippen LogP contribution in [0.3, 0.4) is 0 Å². The van der Waals surface area contributed by atoms with Crippen LogP contribution in [0.4, 0.5) is 4.79 Å². The van der Waals surface area contributed by atoms with Gasteiger partial charge < -0.3 is 10.1 Å². The summed E-state index contributed by atoms with van der Waals surface area (Å²) < 4.78 is 5.69. The van der Waals surface area contributed by atoms with Crippen LogP contribution in [0.1, 0.15) is 57.1 Å². The van der Waals surface area contributed by atoms with E-state index in [0.717, 1.165) is 35.3 Å². The molecule has 1 aromatic rings. The van der Waals surface area contributed by atoms with Crippen LogP contribution in [0.15, 0.2) is 18.2 Å². The zero-order valence-corrected chi connectivity index (χ0v) is 19.1. The lowest BCUT2D eigenvalue weighted by atomic mass is 9.75. The highest BCUT2D eigenvalue weighted by Gasteiger charge is 2.52. The third-order valence-corrected chi connectivity index (χ3v) is 6.64. The van der Waals surface area contributed by atoms with E-state index in [2.05, 4.69) is 23.1 Å². The maximum Gasteiger partial charge on any atom is 0.325 e. The van der Waals surface area contributed by atoms with Crippen molar-refractivity contribution in [1.29, 1.82) is 0 Å². The van der Waals surface area contributed by atoms with Crippen molar-refractivity contribution in [3.8, 4) is 5.75 Å². The summed E-state index contributed by atoms with van der Waals surface area (Å²) in [6.45, 7) is 7.07. The van der Waals surface area contributed by atoms with Crippen molar-refractivity contribution >= 4 is 23.8 Å². The molecule has 1 spiro atoms. The molecule has 2 fully saturated rings. The number of imide groups is 1. The molecule has 1 aromatic carbocycles. The molecule has 1 atom stereocenters. The molecule has 3 rings (SSSR count). The fourth-order valence-electron chi connectivity index (χ4n) is 4.25. The summed E-state index contributed by atoms with van der Waals surface area (Å²) in [4.78, 5) is 50.8. The molecule has 1 unspecified atom stereocenters. The summed E-state index contributed by atoms with van der Waals surface area (Å²) in [5, 5.41) is 2.79. The molecule has 32 heavy (non-hydrogen) atoms. The number of hydrogen-bond donors (Lipinski definition) is 3. The number of rotatable bonds is 6. The van der Waals surface area contributed by atoms with Gasteiger partial charge in [-0.05, 0) is 69.6 Å². The van der Waals surface area contributed by atoms with E-state index in [9.17, 15) is 19.2 Å². The van der Waals surface area contributed by atoms with E-state index < -0.39 is 36.0 Å². The standard InChI is InChI=1S/C23H32N4O5/c1-5-17-9-11-23(12-10-17)21(30)27(22(31)24-23)13-19(28)25-26-20(29)16(4)32-18-8-6-7-14(2)15(18)3/h6-8,16-17H,5,9-13H2,1-4H3,(H,24,31)(H,25,28)(H,26,29). The number of hydrogen-bond acceptors (Lipinski definition) is 5. The molecule has 0 bridgehead atoms. The third kappa shape index (κ3) is 4.87. The van der Waals surface area contributed by atoms with Gasteiger partial charge in [-0.2, -0.15) is 0 Å². The Morgan fingerprint density at radius 2 is 1.91 bits per heavy atom. The number of nitrogens with one attached hydrogen (secondary N) is 3. The number of aryl methyl sites for hydroxylation is 1. The first kappa shape index (κ1) is 23.6. The summed E-state index contributed by atoms with van der Waals surface area (Å²) in [6, 6.07) is 4.98. The van der Waals surface area contributed by atoms with Crippen molar-refractivity contribution < 1.29 is 23.9 Å². The Hall–Kier alpha value is -3.10. The number of carbonyl (C=O) groups excluding carboxylic acids is 4. The Morgan fingerprint density at radius 1 is 1.22 bits per heavy atom. The minimum Gasteiger partial charge on any atom is -0.481 e.